The van der Waals surface area contributed by atoms with Gasteiger partial charge in [-0.2, -0.15) is 0 Å². The van der Waals surface area contributed by atoms with E-state index in [9.17, 15) is 43.3 Å². The van der Waals surface area contributed by atoms with Crippen LogP contribution in [0.4, 0.5) is 21.9 Å². The van der Waals surface area contributed by atoms with Crippen LogP contribution in [-0.4, -0.2) is 79.9 Å². The van der Waals surface area contributed by atoms with Gasteiger partial charge in [-0.3, -0.25) is 34.1 Å². The number of nitrogens with zero attached hydrogens (tertiary/aromatic N) is 3. The van der Waals surface area contributed by atoms with Crippen molar-refractivity contribution < 1.29 is 56.9 Å². The Balaban J connectivity index is 0.996. The van der Waals surface area contributed by atoms with Crippen LogP contribution < -0.4 is 24.2 Å². The van der Waals surface area contributed by atoms with E-state index in [-0.39, 0.29) is 60.5 Å². The van der Waals surface area contributed by atoms with Crippen molar-refractivity contribution in [2.45, 2.75) is 23.3 Å². The smallest absolute Gasteiger partial charge is 0.465 e. The lowest BCUT2D eigenvalue weighted by Crippen LogP contribution is -2.28. The van der Waals surface area contributed by atoms with Gasteiger partial charge in [0.2, 0.25) is 0 Å². The maximum Gasteiger partial charge on any atom is 0.527 e. The summed E-state index contributed by atoms with van der Waals surface area (Å²) >= 11 is 12.8. The van der Waals surface area contributed by atoms with Crippen LogP contribution >= 0.6 is 60.4 Å². The highest BCUT2D eigenvalue weighted by Crippen LogP contribution is 2.52. The number of amides is 3. The minimum absolute atomic E-state index is 0.0299. The second-order valence-corrected chi connectivity index (χ2v) is 21.2. The Morgan fingerprint density at radius 3 is 1.87 bits per heavy atom. The molecule has 2 aliphatic heterocycles. The maximum atomic E-state index is 14.1. The largest absolute Gasteiger partial charge is 0.527 e. The summed E-state index contributed by atoms with van der Waals surface area (Å²) in [4.78, 5) is 77.1. The minimum Gasteiger partial charge on any atom is -0.465 e. The molecule has 0 saturated carbocycles. The molecule has 2 aliphatic rings. The first-order valence-corrected chi connectivity index (χ1v) is 27.5. The van der Waals surface area contributed by atoms with E-state index < -0.39 is 33.6 Å². The molecule has 1 unspecified atom stereocenters. The molecule has 6 aromatic rings. The summed E-state index contributed by atoms with van der Waals surface area (Å²) in [5.41, 5.74) is 3.12. The Labute approximate surface area is 413 Å². The van der Waals surface area contributed by atoms with Crippen LogP contribution in [0.1, 0.15) is 40.5 Å². The third-order valence-corrected chi connectivity index (χ3v) is 15.6. The van der Waals surface area contributed by atoms with Crippen LogP contribution in [0.3, 0.4) is 0 Å². The maximum absolute atomic E-state index is 14.1. The van der Waals surface area contributed by atoms with Crippen molar-refractivity contribution in [3.05, 3.63) is 138 Å². The van der Waals surface area contributed by atoms with Gasteiger partial charge in [-0.25, -0.2) is 18.9 Å². The number of benzene rings is 5. The quantitative estimate of drug-likeness (QED) is 0.0177. The molecule has 3 atom stereocenters. The number of carbonyl (C=O) groups excluding carboxylic acids is 2. The van der Waals surface area contributed by atoms with Gasteiger partial charge in [0.1, 0.15) is 16.5 Å². The van der Waals surface area contributed by atoms with Crippen molar-refractivity contribution >= 4 is 129 Å². The van der Waals surface area contributed by atoms with Gasteiger partial charge >= 0.3 is 21.7 Å². The molecular weight excluding hydrogens is 1010 g/mol. The summed E-state index contributed by atoms with van der Waals surface area (Å²) in [7, 11) is -6.57. The highest BCUT2D eigenvalue weighted by atomic mass is 35.5. The van der Waals surface area contributed by atoms with E-state index in [0.29, 0.717) is 56.2 Å². The molecule has 5 aromatic carbocycles. The van der Waals surface area contributed by atoms with Gasteiger partial charge in [0.15, 0.2) is 0 Å². The Bertz CT molecular complexity index is 3110. The lowest BCUT2D eigenvalue weighted by Gasteiger charge is -2.19. The van der Waals surface area contributed by atoms with Crippen molar-refractivity contribution in [2.24, 2.45) is 0 Å². The van der Waals surface area contributed by atoms with Crippen LogP contribution in [0, 0.1) is 0 Å². The molecule has 22 heteroatoms. The number of hydrogen-bond donors (Lipinski definition) is 5. The van der Waals surface area contributed by atoms with E-state index in [0.717, 1.165) is 16.2 Å². The standard InChI is InChI=1S/C47H42Cl2N4O12P2S2/c48-25-31-27-52(38-23-40(64-66(58,59)60)33-8-1-3-10-35(33)45(31)38)43(54)17-14-29-13-15-30(37(22-29)51-47(56)57)16-18-44(55)53-28-32(26-49)46-36-11-4-2-9-34(36)41(24-39(46)53)65-67(61,62)63-20-7-21-68-69-42-12-5-6-19-50-42/h1-6,8-19,22-24,31-32,51H,7,20-21,25-28H2,(H,56,57)(H,61,62)(H2,58,59,60)/b17-14+,18-16+/t31-,32-/m1/s1. The predicted octanol–water partition coefficient (Wildman–Crippen LogP) is 11.0. The summed E-state index contributed by atoms with van der Waals surface area (Å²) in [6.07, 6.45) is 6.26. The molecule has 0 fully saturated rings. The molecule has 8 rings (SSSR count). The van der Waals surface area contributed by atoms with Crippen LogP contribution in [0.15, 0.2) is 120 Å². The highest BCUT2D eigenvalue weighted by Gasteiger charge is 2.37. The predicted molar refractivity (Wildman–Crippen MR) is 272 cm³/mol. The van der Waals surface area contributed by atoms with Crippen molar-refractivity contribution in [1.29, 1.82) is 0 Å². The molecule has 3 heterocycles. The number of nitrogens with one attached hydrogen (secondary N) is 1. The molecule has 0 aliphatic carbocycles. The second-order valence-electron chi connectivity index (χ2n) is 15.7. The van der Waals surface area contributed by atoms with Crippen LogP contribution in [-0.2, 0) is 23.2 Å². The summed E-state index contributed by atoms with van der Waals surface area (Å²) in [6.45, 7) is 0.306. The van der Waals surface area contributed by atoms with E-state index in [2.05, 4.69) is 10.3 Å². The first-order valence-electron chi connectivity index (χ1n) is 21.1. The molecule has 0 spiro atoms. The third kappa shape index (κ3) is 11.8. The van der Waals surface area contributed by atoms with Gasteiger partial charge in [0, 0.05) is 83.7 Å². The second kappa shape index (κ2) is 21.7. The van der Waals surface area contributed by atoms with Crippen molar-refractivity contribution in [2.75, 3.05) is 52.3 Å². The molecule has 0 radical (unpaired) electrons. The van der Waals surface area contributed by atoms with Crippen molar-refractivity contribution in [3.8, 4) is 11.5 Å². The summed E-state index contributed by atoms with van der Waals surface area (Å²) in [6, 6.07) is 27.2. The number of aromatic nitrogens is 1. The number of pyridine rings is 1. The Morgan fingerprint density at radius 2 is 1.32 bits per heavy atom. The average molecular weight is 1050 g/mol. The Hall–Kier alpha value is -5.36. The van der Waals surface area contributed by atoms with E-state index in [4.69, 9.17) is 36.8 Å². The molecule has 16 nitrogen and oxygen atoms in total. The minimum atomic E-state index is -4.96. The zero-order chi connectivity index (χ0) is 48.9. The van der Waals surface area contributed by atoms with Crippen molar-refractivity contribution in [1.82, 2.24) is 4.98 Å². The molecule has 69 heavy (non-hydrogen) atoms. The topological polar surface area (TPSA) is 225 Å². The summed E-state index contributed by atoms with van der Waals surface area (Å²) in [5, 5.41) is 15.2. The van der Waals surface area contributed by atoms with Gasteiger partial charge in [-0.1, -0.05) is 77.5 Å². The number of alkyl halides is 2. The number of fused-ring (bicyclic) bond motifs is 6. The van der Waals surface area contributed by atoms with Gasteiger partial charge in [0.05, 0.1) is 23.7 Å². The number of halogens is 2. The van der Waals surface area contributed by atoms with Crippen LogP contribution in [0.2, 0.25) is 0 Å². The van der Waals surface area contributed by atoms with Crippen LogP contribution in [0.25, 0.3) is 33.7 Å². The van der Waals surface area contributed by atoms with E-state index in [1.165, 1.54) is 73.9 Å². The summed E-state index contributed by atoms with van der Waals surface area (Å²) in [5.74, 6) is -0.714. The number of carbonyl (C=O) groups is 3. The SMILES string of the molecule is O=C(O)Nc1cc(/C=C/C(=O)N2C[C@@H](CCl)c3c2cc(OP(=O)(O)O)c2ccccc32)ccc1/C=C/C(=O)N1C[C@@H](CCl)c2c1cc(OP(=O)(O)OCCCSSc1ccccn1)c1ccccc21. The number of carboxylic acid groups (broad SMARTS) is 1. The number of phosphoric ester groups is 2. The molecule has 5 N–H and O–H groups in total. The first kappa shape index (κ1) is 50.0. The molecule has 358 valence electrons. The zero-order valence-electron chi connectivity index (χ0n) is 36.1. The van der Waals surface area contributed by atoms with Gasteiger partial charge < -0.3 is 24.0 Å². The third-order valence-electron chi connectivity index (χ3n) is 11.1. The molecular formula is C47H42Cl2N4O12P2S2. The fourth-order valence-electron chi connectivity index (χ4n) is 8.28. The van der Waals surface area contributed by atoms with Crippen molar-refractivity contribution in [3.63, 3.8) is 0 Å². The van der Waals surface area contributed by atoms with E-state index in [1.807, 2.05) is 24.3 Å². The number of rotatable bonds is 18. The highest BCUT2D eigenvalue weighted by molar-refractivity contribution is 8.76. The number of phosphoric acid groups is 2. The Morgan fingerprint density at radius 1 is 0.754 bits per heavy atom. The monoisotopic (exact) mass is 1050 g/mol. The first-order chi connectivity index (χ1) is 33.1. The number of anilines is 3. The molecule has 0 bridgehead atoms. The number of hydrogen-bond acceptors (Lipinski definition) is 11. The molecule has 3 amide bonds. The lowest BCUT2D eigenvalue weighted by molar-refractivity contribution is -0.114. The van der Waals surface area contributed by atoms with Gasteiger partial charge in [-0.05, 0) is 80.6 Å². The molecule has 0 saturated heterocycles. The fraction of sp³-hybridized carbons (Fsp3) is 0.191. The van der Waals surface area contributed by atoms with E-state index >= 15 is 0 Å². The Kier molecular flexibility index (Phi) is 15.8. The van der Waals surface area contributed by atoms with Gasteiger partial charge in [-0.15, -0.1) is 23.2 Å². The fourth-order valence-corrected chi connectivity index (χ4v) is 11.9. The van der Waals surface area contributed by atoms with Gasteiger partial charge in [0.25, 0.3) is 11.8 Å². The molecule has 1 aromatic heterocycles. The normalized spacial score (nSPS) is 16.5. The zero-order valence-corrected chi connectivity index (χ0v) is 41.0. The average Bonchev–Trinajstić information content (AvgIpc) is 3.90. The summed E-state index contributed by atoms with van der Waals surface area (Å²) < 4.78 is 41.2. The van der Waals surface area contributed by atoms with E-state index in [1.54, 1.807) is 60.8 Å². The van der Waals surface area contributed by atoms with Crippen LogP contribution in [0.5, 0.6) is 11.5 Å². The lowest BCUT2D eigenvalue weighted by atomic mass is 9.95.